The molecule has 0 aliphatic rings. The molecule has 1 heterocycles. The number of hydrogen-bond acceptors (Lipinski definition) is 6. The smallest absolute Gasteiger partial charge is 0.318 e. The molecule has 0 aliphatic carbocycles. The van der Waals surface area contributed by atoms with Gasteiger partial charge >= 0.3 is 5.97 Å². The molecule has 0 saturated carbocycles. The fourth-order valence-corrected chi connectivity index (χ4v) is 2.23. The van der Waals surface area contributed by atoms with Crippen molar-refractivity contribution in [2.45, 2.75) is 12.3 Å². The number of esters is 1. The first kappa shape index (κ1) is 14.0. The monoisotopic (exact) mass is 277 g/mol. The molecule has 0 aromatic carbocycles. The molecule has 8 heteroatoms. The maximum Gasteiger partial charge on any atom is 0.318 e. The number of ether oxygens (including phenoxy) is 1. The topological polar surface area (TPSA) is 92.2 Å². The van der Waals surface area contributed by atoms with Crippen molar-refractivity contribution in [3.05, 3.63) is 23.2 Å². The Balaban J connectivity index is 3.23. The molecular formula is C9H10ClN2O4S-. The van der Waals surface area contributed by atoms with Crippen molar-refractivity contribution < 1.29 is 18.3 Å². The highest BCUT2D eigenvalue weighted by atomic mass is 35.5. The van der Waals surface area contributed by atoms with Crippen LogP contribution in [-0.2, 0) is 26.0 Å². The lowest BCUT2D eigenvalue weighted by Gasteiger charge is -2.26. The standard InChI is InChI=1S/C9H11ClN2O4S/c1-9(5-17(14)15,7(13)16-2)6-3-4-11-8(10)12-6/h3-4H,5H2,1-2H3,(H,14,15)/p-1. The van der Waals surface area contributed by atoms with E-state index in [0.29, 0.717) is 0 Å². The fourth-order valence-electron chi connectivity index (χ4n) is 1.34. The first-order chi connectivity index (χ1) is 7.90. The lowest BCUT2D eigenvalue weighted by molar-refractivity contribution is -0.146. The average Bonchev–Trinajstić information content (AvgIpc) is 2.26. The maximum absolute atomic E-state index is 11.7. The summed E-state index contributed by atoms with van der Waals surface area (Å²) in [6, 6.07) is 1.43. The summed E-state index contributed by atoms with van der Waals surface area (Å²) in [5.74, 6) is -1.14. The minimum atomic E-state index is -2.42. The molecule has 94 valence electrons. The minimum absolute atomic E-state index is 0.0608. The number of methoxy groups -OCH3 is 1. The van der Waals surface area contributed by atoms with Crippen molar-refractivity contribution in [2.75, 3.05) is 12.9 Å². The molecule has 0 saturated heterocycles. The molecule has 1 aromatic heterocycles. The zero-order valence-electron chi connectivity index (χ0n) is 9.18. The SMILES string of the molecule is COC(=O)C(C)(CS(=O)[O-])c1ccnc(Cl)n1. The summed E-state index contributed by atoms with van der Waals surface area (Å²) in [6.07, 6.45) is 1.35. The quantitative estimate of drug-likeness (QED) is 0.450. The molecule has 0 N–H and O–H groups in total. The van der Waals surface area contributed by atoms with Crippen molar-refractivity contribution in [3.8, 4) is 0 Å². The van der Waals surface area contributed by atoms with Gasteiger partial charge in [-0.05, 0) is 24.6 Å². The van der Waals surface area contributed by atoms with E-state index in [4.69, 9.17) is 11.6 Å². The van der Waals surface area contributed by atoms with Gasteiger partial charge in [0.05, 0.1) is 12.8 Å². The van der Waals surface area contributed by atoms with E-state index < -0.39 is 28.2 Å². The second-order valence-corrected chi connectivity index (χ2v) is 4.72. The van der Waals surface area contributed by atoms with Crippen molar-refractivity contribution >= 4 is 28.7 Å². The lowest BCUT2D eigenvalue weighted by Crippen LogP contribution is -2.40. The van der Waals surface area contributed by atoms with Gasteiger partial charge in [-0.25, -0.2) is 9.97 Å². The summed E-state index contributed by atoms with van der Waals surface area (Å²) < 4.78 is 26.2. The summed E-state index contributed by atoms with van der Waals surface area (Å²) in [6.45, 7) is 1.42. The van der Waals surface area contributed by atoms with Gasteiger partial charge in [0.15, 0.2) is 0 Å². The molecule has 1 rings (SSSR count). The van der Waals surface area contributed by atoms with Gasteiger partial charge in [0, 0.05) is 11.9 Å². The molecule has 0 bridgehead atoms. The van der Waals surface area contributed by atoms with E-state index in [2.05, 4.69) is 14.7 Å². The molecule has 0 amide bonds. The number of hydrogen-bond donors (Lipinski definition) is 0. The van der Waals surface area contributed by atoms with Crippen LogP contribution in [0.1, 0.15) is 12.6 Å². The molecule has 1 aromatic rings. The second kappa shape index (κ2) is 5.52. The van der Waals surface area contributed by atoms with Crippen molar-refractivity contribution in [1.29, 1.82) is 0 Å². The Morgan fingerprint density at radius 3 is 2.82 bits per heavy atom. The number of aromatic nitrogens is 2. The van der Waals surface area contributed by atoms with Crippen LogP contribution >= 0.6 is 11.6 Å². The normalized spacial score (nSPS) is 16.0. The zero-order valence-corrected chi connectivity index (χ0v) is 10.7. The summed E-state index contributed by atoms with van der Waals surface area (Å²) in [7, 11) is 1.18. The van der Waals surface area contributed by atoms with E-state index in [9.17, 15) is 13.6 Å². The van der Waals surface area contributed by atoms with Crippen LogP contribution in [0.15, 0.2) is 12.3 Å². The van der Waals surface area contributed by atoms with Crippen molar-refractivity contribution in [2.24, 2.45) is 0 Å². The molecule has 2 atom stereocenters. The average molecular weight is 278 g/mol. The number of rotatable bonds is 4. The third-order valence-corrected chi connectivity index (χ3v) is 3.23. The number of carbonyl (C=O) groups excluding carboxylic acids is 1. The highest BCUT2D eigenvalue weighted by molar-refractivity contribution is 7.79. The van der Waals surface area contributed by atoms with Gasteiger partial charge in [-0.15, -0.1) is 0 Å². The molecule has 17 heavy (non-hydrogen) atoms. The van der Waals surface area contributed by atoms with Gasteiger partial charge in [-0.1, -0.05) is 11.1 Å². The predicted molar refractivity (Wildman–Crippen MR) is 60.2 cm³/mol. The molecule has 0 aliphatic heterocycles. The Bertz CT molecular complexity index is 456. The van der Waals surface area contributed by atoms with Crippen LogP contribution in [-0.4, -0.2) is 37.6 Å². The highest BCUT2D eigenvalue weighted by Crippen LogP contribution is 2.25. The fraction of sp³-hybridized carbons (Fsp3) is 0.444. The Morgan fingerprint density at radius 2 is 2.35 bits per heavy atom. The van der Waals surface area contributed by atoms with Gasteiger partial charge in [0.1, 0.15) is 5.41 Å². The van der Waals surface area contributed by atoms with Crippen molar-refractivity contribution in [3.63, 3.8) is 0 Å². The highest BCUT2D eigenvalue weighted by Gasteiger charge is 2.38. The van der Waals surface area contributed by atoms with Crippen LogP contribution in [0.4, 0.5) is 0 Å². The molecule has 0 radical (unpaired) electrons. The van der Waals surface area contributed by atoms with Crippen LogP contribution in [0, 0.1) is 0 Å². The van der Waals surface area contributed by atoms with Crippen molar-refractivity contribution in [1.82, 2.24) is 9.97 Å². The van der Waals surface area contributed by atoms with E-state index in [-0.39, 0.29) is 11.0 Å². The van der Waals surface area contributed by atoms with E-state index >= 15 is 0 Å². The van der Waals surface area contributed by atoms with Crippen LogP contribution in [0.25, 0.3) is 0 Å². The molecule has 0 fully saturated rings. The Labute approximate surface area is 106 Å². The number of carbonyl (C=O) groups is 1. The van der Waals surface area contributed by atoms with Gasteiger partial charge < -0.3 is 9.29 Å². The van der Waals surface area contributed by atoms with Gasteiger partial charge in [0.2, 0.25) is 5.28 Å². The summed E-state index contributed by atoms with van der Waals surface area (Å²) in [5.41, 5.74) is -1.19. The van der Waals surface area contributed by atoms with E-state index in [1.54, 1.807) is 0 Å². The Kier molecular flexibility index (Phi) is 4.55. The van der Waals surface area contributed by atoms with E-state index in [1.807, 2.05) is 0 Å². The van der Waals surface area contributed by atoms with Crippen LogP contribution < -0.4 is 0 Å². The Hall–Kier alpha value is -1.05. The lowest BCUT2D eigenvalue weighted by atomic mass is 9.89. The van der Waals surface area contributed by atoms with Gasteiger partial charge in [-0.2, -0.15) is 0 Å². The third-order valence-electron chi connectivity index (χ3n) is 2.23. The zero-order chi connectivity index (χ0) is 13.1. The third kappa shape index (κ3) is 3.21. The van der Waals surface area contributed by atoms with E-state index in [0.717, 1.165) is 0 Å². The summed E-state index contributed by atoms with van der Waals surface area (Å²) >= 11 is 3.19. The molecule has 6 nitrogen and oxygen atoms in total. The summed E-state index contributed by atoms with van der Waals surface area (Å²) in [4.78, 5) is 19.2. The first-order valence-electron chi connectivity index (χ1n) is 4.53. The molecular weight excluding hydrogens is 268 g/mol. The van der Waals surface area contributed by atoms with Crippen LogP contribution in [0.5, 0.6) is 0 Å². The maximum atomic E-state index is 11.7. The number of nitrogens with zero attached hydrogens (tertiary/aromatic N) is 2. The Morgan fingerprint density at radius 1 is 1.71 bits per heavy atom. The predicted octanol–water partition coefficient (Wildman–Crippen LogP) is 0.440. The van der Waals surface area contributed by atoms with Crippen LogP contribution in [0.2, 0.25) is 5.28 Å². The van der Waals surface area contributed by atoms with Crippen LogP contribution in [0.3, 0.4) is 0 Å². The van der Waals surface area contributed by atoms with Gasteiger partial charge in [-0.3, -0.25) is 9.00 Å². The van der Waals surface area contributed by atoms with E-state index in [1.165, 1.54) is 26.3 Å². The second-order valence-electron chi connectivity index (χ2n) is 3.48. The summed E-state index contributed by atoms with van der Waals surface area (Å²) in [5, 5.41) is -0.0608. The minimum Gasteiger partial charge on any atom is -0.772 e. The van der Waals surface area contributed by atoms with Gasteiger partial charge in [0.25, 0.3) is 0 Å². The first-order valence-corrected chi connectivity index (χ1v) is 6.15. The molecule has 2 unspecified atom stereocenters. The molecule has 0 spiro atoms. The number of halogens is 1. The largest absolute Gasteiger partial charge is 0.772 e.